The van der Waals surface area contributed by atoms with Crippen LogP contribution in [0.3, 0.4) is 0 Å². The van der Waals surface area contributed by atoms with Gasteiger partial charge in [-0.3, -0.25) is 0 Å². The van der Waals surface area contributed by atoms with Gasteiger partial charge in [0.05, 0.1) is 0 Å². The first-order valence-electron chi connectivity index (χ1n) is 18.5. The van der Waals surface area contributed by atoms with Gasteiger partial charge >= 0.3 is 0 Å². The third-order valence-corrected chi connectivity index (χ3v) is 10.5. The second-order valence-corrected chi connectivity index (χ2v) is 14.5. The molecule has 0 amide bonds. The fourth-order valence-corrected chi connectivity index (χ4v) is 8.48. The zero-order valence-electron chi connectivity index (χ0n) is 30.7. The van der Waals surface area contributed by atoms with Crippen molar-refractivity contribution in [2.75, 3.05) is 4.90 Å². The van der Waals surface area contributed by atoms with E-state index >= 15 is 0 Å². The van der Waals surface area contributed by atoms with Crippen molar-refractivity contribution >= 4 is 49.4 Å². The maximum atomic E-state index is 2.44. The first-order chi connectivity index (χ1) is 25.9. The zero-order valence-corrected chi connectivity index (χ0v) is 30.7. The lowest BCUT2D eigenvalue weighted by Gasteiger charge is -2.28. The minimum atomic E-state index is 1.14. The fraction of sp³-hybridized carbons (Fsp3) is 0.0769. The summed E-state index contributed by atoms with van der Waals surface area (Å²) in [6.45, 7) is 8.76. The molecule has 0 aliphatic heterocycles. The molecule has 254 valence electrons. The molecule has 9 rings (SSSR count). The van der Waals surface area contributed by atoms with Crippen LogP contribution >= 0.6 is 0 Å². The molecule has 0 spiro atoms. The first kappa shape index (κ1) is 32.5. The van der Waals surface area contributed by atoms with Crippen LogP contribution in [0.15, 0.2) is 176 Å². The van der Waals surface area contributed by atoms with Crippen molar-refractivity contribution in [1.82, 2.24) is 0 Å². The Morgan fingerprint density at radius 3 is 1.30 bits per heavy atom. The van der Waals surface area contributed by atoms with Gasteiger partial charge in [0, 0.05) is 17.1 Å². The average molecular weight is 680 g/mol. The lowest BCUT2D eigenvalue weighted by Crippen LogP contribution is -2.11. The predicted molar refractivity (Wildman–Crippen MR) is 229 cm³/mol. The van der Waals surface area contributed by atoms with Gasteiger partial charge in [-0.2, -0.15) is 0 Å². The molecule has 0 fully saturated rings. The highest BCUT2D eigenvalue weighted by molar-refractivity contribution is 6.33. The quantitative estimate of drug-likeness (QED) is 0.158. The first-order valence-corrected chi connectivity index (χ1v) is 18.5. The molecule has 9 aromatic rings. The summed E-state index contributed by atoms with van der Waals surface area (Å²) in [6, 6.07) is 65.1. The zero-order chi connectivity index (χ0) is 36.1. The van der Waals surface area contributed by atoms with E-state index in [0.717, 1.165) is 5.69 Å². The highest BCUT2D eigenvalue weighted by Gasteiger charge is 2.23. The van der Waals surface area contributed by atoms with Crippen molar-refractivity contribution in [1.29, 1.82) is 0 Å². The van der Waals surface area contributed by atoms with Crippen molar-refractivity contribution in [2.24, 2.45) is 0 Å². The normalized spacial score (nSPS) is 11.4. The number of aryl methyl sites for hydroxylation is 4. The van der Waals surface area contributed by atoms with E-state index in [4.69, 9.17) is 0 Å². The number of anilines is 3. The molecule has 0 saturated carbocycles. The molecule has 0 aromatic heterocycles. The Bertz CT molecular complexity index is 2710. The highest BCUT2D eigenvalue weighted by Crippen LogP contribution is 2.50. The largest absolute Gasteiger partial charge is 0.310 e. The maximum absolute atomic E-state index is 2.44. The molecule has 0 atom stereocenters. The van der Waals surface area contributed by atoms with Gasteiger partial charge in [0.2, 0.25) is 0 Å². The van der Waals surface area contributed by atoms with Crippen molar-refractivity contribution in [2.45, 2.75) is 27.7 Å². The summed E-state index contributed by atoms with van der Waals surface area (Å²) in [5, 5.41) is 7.56. The Morgan fingerprint density at radius 1 is 0.302 bits per heavy atom. The molecule has 53 heavy (non-hydrogen) atoms. The lowest BCUT2D eigenvalue weighted by molar-refractivity contribution is 1.24. The molecule has 0 aliphatic rings. The highest BCUT2D eigenvalue weighted by atomic mass is 15.1. The van der Waals surface area contributed by atoms with E-state index in [1.54, 1.807) is 0 Å². The van der Waals surface area contributed by atoms with Crippen molar-refractivity contribution in [3.63, 3.8) is 0 Å². The smallest absolute Gasteiger partial charge is 0.0468 e. The number of rotatable bonds is 6. The Hall–Kier alpha value is -6.44. The SMILES string of the molecule is Cc1cc(C)cc(N(c2cc(C)cc(C)c2)c2ccc3c(c2)c2ccccc2c2c(-c4ccccc4)c(-c4ccccc4)cc(-c4ccccc4)c32)c1. The van der Waals surface area contributed by atoms with E-state index in [1.165, 1.54) is 99.3 Å². The van der Waals surface area contributed by atoms with E-state index in [9.17, 15) is 0 Å². The second kappa shape index (κ2) is 13.3. The van der Waals surface area contributed by atoms with Gasteiger partial charge in [0.25, 0.3) is 0 Å². The van der Waals surface area contributed by atoms with Crippen LogP contribution in [-0.4, -0.2) is 0 Å². The Morgan fingerprint density at radius 2 is 0.755 bits per heavy atom. The molecule has 1 nitrogen and oxygen atoms in total. The summed E-state index contributed by atoms with van der Waals surface area (Å²) in [5.74, 6) is 0. The number of fused-ring (bicyclic) bond motifs is 6. The van der Waals surface area contributed by atoms with Crippen LogP contribution in [0.1, 0.15) is 22.3 Å². The van der Waals surface area contributed by atoms with Crippen molar-refractivity contribution in [3.05, 3.63) is 198 Å². The maximum Gasteiger partial charge on any atom is 0.0468 e. The Balaban J connectivity index is 1.45. The molecule has 0 heterocycles. The van der Waals surface area contributed by atoms with Crippen LogP contribution in [0.5, 0.6) is 0 Å². The molecule has 0 unspecified atom stereocenters. The molecule has 0 N–H and O–H groups in total. The van der Waals surface area contributed by atoms with E-state index in [0.29, 0.717) is 0 Å². The van der Waals surface area contributed by atoms with Crippen molar-refractivity contribution < 1.29 is 0 Å². The van der Waals surface area contributed by atoms with Gasteiger partial charge in [-0.05, 0) is 158 Å². The third kappa shape index (κ3) is 5.85. The summed E-state index contributed by atoms with van der Waals surface area (Å²) in [7, 11) is 0. The van der Waals surface area contributed by atoms with Crippen LogP contribution in [-0.2, 0) is 0 Å². The fourth-order valence-electron chi connectivity index (χ4n) is 8.48. The third-order valence-electron chi connectivity index (χ3n) is 10.5. The average Bonchev–Trinajstić information content (AvgIpc) is 3.17. The molecule has 0 bridgehead atoms. The summed E-state index contributed by atoms with van der Waals surface area (Å²) >= 11 is 0. The molecule has 0 saturated heterocycles. The van der Waals surface area contributed by atoms with Gasteiger partial charge < -0.3 is 4.90 Å². The van der Waals surface area contributed by atoms with Crippen LogP contribution in [0.4, 0.5) is 17.1 Å². The minimum Gasteiger partial charge on any atom is -0.310 e. The van der Waals surface area contributed by atoms with E-state index in [-0.39, 0.29) is 0 Å². The summed E-state index contributed by atoms with van der Waals surface area (Å²) in [4.78, 5) is 2.43. The Kier molecular flexibility index (Phi) is 8.13. The topological polar surface area (TPSA) is 3.24 Å². The minimum absolute atomic E-state index is 1.14. The van der Waals surface area contributed by atoms with E-state index in [2.05, 4.69) is 209 Å². The van der Waals surface area contributed by atoms with Crippen molar-refractivity contribution in [3.8, 4) is 33.4 Å². The summed E-state index contributed by atoms with van der Waals surface area (Å²) in [5.41, 5.74) is 15.9. The standard InChI is InChI=1S/C52H41N/c1-34-26-35(2)29-42(28-34)53(43-30-36(3)27-37(4)31-43)41-24-25-46-49(32-41)44-22-14-15-23-45(44)52-50(40-20-12-7-13-21-40)47(38-16-8-5-9-17-38)33-48(51(46)52)39-18-10-6-11-19-39/h5-33H,1-4H3. The van der Waals surface area contributed by atoms with Crippen LogP contribution in [0, 0.1) is 27.7 Å². The van der Waals surface area contributed by atoms with Gasteiger partial charge in [0.15, 0.2) is 0 Å². The molecular weight excluding hydrogens is 639 g/mol. The van der Waals surface area contributed by atoms with E-state index in [1.807, 2.05) is 0 Å². The molecule has 1 heteroatoms. The molecule has 0 aliphatic carbocycles. The monoisotopic (exact) mass is 679 g/mol. The lowest BCUT2D eigenvalue weighted by atomic mass is 9.81. The summed E-state index contributed by atoms with van der Waals surface area (Å²) in [6.07, 6.45) is 0. The predicted octanol–water partition coefficient (Wildman–Crippen LogP) is 14.9. The summed E-state index contributed by atoms with van der Waals surface area (Å²) < 4.78 is 0. The van der Waals surface area contributed by atoms with E-state index < -0.39 is 0 Å². The molecular formula is C52H41N. The van der Waals surface area contributed by atoms with Gasteiger partial charge in [-0.15, -0.1) is 0 Å². The Labute approximate surface area is 312 Å². The molecule has 0 radical (unpaired) electrons. The second-order valence-electron chi connectivity index (χ2n) is 14.5. The number of hydrogen-bond acceptors (Lipinski definition) is 1. The van der Waals surface area contributed by atoms with Crippen LogP contribution in [0.2, 0.25) is 0 Å². The van der Waals surface area contributed by atoms with Gasteiger partial charge in [0.1, 0.15) is 0 Å². The molecule has 9 aromatic carbocycles. The van der Waals surface area contributed by atoms with Crippen LogP contribution in [0.25, 0.3) is 65.7 Å². The van der Waals surface area contributed by atoms with Crippen LogP contribution < -0.4 is 4.90 Å². The van der Waals surface area contributed by atoms with Gasteiger partial charge in [-0.1, -0.05) is 133 Å². The number of hydrogen-bond donors (Lipinski definition) is 0. The van der Waals surface area contributed by atoms with Gasteiger partial charge in [-0.25, -0.2) is 0 Å². The number of nitrogens with zero attached hydrogens (tertiary/aromatic N) is 1. The number of benzene rings is 9.